The summed E-state index contributed by atoms with van der Waals surface area (Å²) in [5.74, 6) is 0.887. The van der Waals surface area contributed by atoms with Crippen LogP contribution in [0.5, 0.6) is 11.6 Å². The van der Waals surface area contributed by atoms with Crippen molar-refractivity contribution in [2.45, 2.75) is 13.0 Å². The van der Waals surface area contributed by atoms with Crippen molar-refractivity contribution < 1.29 is 18.8 Å². The summed E-state index contributed by atoms with van der Waals surface area (Å²) in [4.78, 5) is 12.1. The van der Waals surface area contributed by atoms with Crippen LogP contribution in [0, 0.1) is 0 Å². The number of fused-ring (bicyclic) bond motifs is 1. The second kappa shape index (κ2) is 5.24. The molecule has 0 saturated heterocycles. The van der Waals surface area contributed by atoms with Crippen LogP contribution in [0.2, 0.25) is 0 Å². The molecule has 1 aliphatic rings. The Morgan fingerprint density at radius 3 is 3.20 bits per heavy atom. The minimum Gasteiger partial charge on any atom is -0.491 e. The number of ether oxygens (including phenoxy) is 2. The van der Waals surface area contributed by atoms with E-state index in [4.69, 9.17) is 14.0 Å². The van der Waals surface area contributed by atoms with Gasteiger partial charge >= 0.3 is 0 Å². The Hall–Kier alpha value is -2.50. The minimum absolute atomic E-state index is 0.123. The van der Waals surface area contributed by atoms with Crippen molar-refractivity contribution >= 4 is 5.91 Å². The lowest BCUT2D eigenvalue weighted by Gasteiger charge is -2.09. The molecule has 0 aliphatic carbocycles. The lowest BCUT2D eigenvalue weighted by Crippen LogP contribution is -2.29. The van der Waals surface area contributed by atoms with Gasteiger partial charge in [0.15, 0.2) is 0 Å². The molecule has 6 heteroatoms. The van der Waals surface area contributed by atoms with Crippen molar-refractivity contribution in [2.24, 2.45) is 0 Å². The van der Waals surface area contributed by atoms with E-state index >= 15 is 0 Å². The summed E-state index contributed by atoms with van der Waals surface area (Å²) in [5, 5.41) is 6.51. The number of para-hydroxylation sites is 1. The third kappa shape index (κ3) is 2.32. The molecular formula is C14H14N2O4. The molecule has 1 amide bonds. The summed E-state index contributed by atoms with van der Waals surface area (Å²) in [6.45, 7) is 2.72. The summed E-state index contributed by atoms with van der Waals surface area (Å²) >= 11 is 0. The second-order valence-electron chi connectivity index (χ2n) is 4.34. The Labute approximate surface area is 115 Å². The maximum absolute atomic E-state index is 12.1. The maximum atomic E-state index is 12.1. The Kier molecular flexibility index (Phi) is 3.28. The highest BCUT2D eigenvalue weighted by Gasteiger charge is 2.26. The molecule has 3 rings (SSSR count). The predicted molar refractivity (Wildman–Crippen MR) is 69.8 cm³/mol. The summed E-state index contributed by atoms with van der Waals surface area (Å²) < 4.78 is 15.6. The van der Waals surface area contributed by atoms with Gasteiger partial charge in [0.1, 0.15) is 12.4 Å². The standard InChI is InChI=1S/C14H14N2O4/c1-2-18-13-7-12(20-16-13)14(17)15-10-8-19-11-6-4-3-5-9(10)11/h3-7,10H,2,8H2,1H3,(H,15,17). The van der Waals surface area contributed by atoms with Gasteiger partial charge in [0.25, 0.3) is 11.8 Å². The van der Waals surface area contributed by atoms with Gasteiger partial charge in [-0.3, -0.25) is 4.79 Å². The van der Waals surface area contributed by atoms with Crippen molar-refractivity contribution in [3.05, 3.63) is 41.7 Å². The number of benzene rings is 1. The molecule has 1 N–H and O–H groups in total. The molecule has 0 fully saturated rings. The number of hydrogen-bond donors (Lipinski definition) is 1. The lowest BCUT2D eigenvalue weighted by atomic mass is 10.1. The largest absolute Gasteiger partial charge is 0.491 e. The zero-order valence-corrected chi connectivity index (χ0v) is 11.0. The van der Waals surface area contributed by atoms with Gasteiger partial charge in [-0.25, -0.2) is 0 Å². The molecule has 1 aromatic carbocycles. The third-order valence-corrected chi connectivity index (χ3v) is 3.01. The molecule has 2 heterocycles. The molecule has 1 atom stereocenters. The number of nitrogens with zero attached hydrogens (tertiary/aromatic N) is 1. The first-order chi connectivity index (χ1) is 9.78. The fraction of sp³-hybridized carbons (Fsp3) is 0.286. The summed E-state index contributed by atoms with van der Waals surface area (Å²) in [6.07, 6.45) is 0. The fourth-order valence-electron chi connectivity index (χ4n) is 2.09. The number of nitrogens with one attached hydrogen (secondary N) is 1. The van der Waals surface area contributed by atoms with Crippen LogP contribution in [0.1, 0.15) is 29.1 Å². The average Bonchev–Trinajstić information content (AvgIpc) is 3.07. The molecule has 0 radical (unpaired) electrons. The summed E-state index contributed by atoms with van der Waals surface area (Å²) in [5.41, 5.74) is 0.963. The van der Waals surface area contributed by atoms with E-state index in [1.807, 2.05) is 31.2 Å². The smallest absolute Gasteiger partial charge is 0.290 e. The van der Waals surface area contributed by atoms with Crippen molar-refractivity contribution in [1.82, 2.24) is 10.5 Å². The summed E-state index contributed by atoms with van der Waals surface area (Å²) in [7, 11) is 0. The molecule has 0 saturated carbocycles. The molecule has 20 heavy (non-hydrogen) atoms. The van der Waals surface area contributed by atoms with Gasteiger partial charge in [0.2, 0.25) is 5.76 Å². The Morgan fingerprint density at radius 1 is 1.50 bits per heavy atom. The molecule has 6 nitrogen and oxygen atoms in total. The number of carbonyl (C=O) groups excluding carboxylic acids is 1. The SMILES string of the molecule is CCOc1cc(C(=O)NC2COc3ccccc32)on1. The highest BCUT2D eigenvalue weighted by molar-refractivity contribution is 5.92. The van der Waals surface area contributed by atoms with Gasteiger partial charge < -0.3 is 19.3 Å². The first kappa shape index (κ1) is 12.5. The highest BCUT2D eigenvalue weighted by atomic mass is 16.5. The van der Waals surface area contributed by atoms with Crippen LogP contribution in [0.15, 0.2) is 34.9 Å². The van der Waals surface area contributed by atoms with Crippen molar-refractivity contribution in [2.75, 3.05) is 13.2 Å². The van der Waals surface area contributed by atoms with Crippen LogP contribution in [-0.2, 0) is 0 Å². The molecule has 1 aliphatic heterocycles. The van der Waals surface area contributed by atoms with E-state index in [1.165, 1.54) is 6.07 Å². The van der Waals surface area contributed by atoms with E-state index in [2.05, 4.69) is 10.5 Å². The van der Waals surface area contributed by atoms with E-state index in [9.17, 15) is 4.79 Å². The van der Waals surface area contributed by atoms with Crippen LogP contribution in [0.25, 0.3) is 0 Å². The second-order valence-corrected chi connectivity index (χ2v) is 4.34. The molecule has 104 valence electrons. The van der Waals surface area contributed by atoms with Crippen molar-refractivity contribution in [3.8, 4) is 11.6 Å². The van der Waals surface area contributed by atoms with Gasteiger partial charge in [-0.1, -0.05) is 18.2 Å². The van der Waals surface area contributed by atoms with E-state index < -0.39 is 0 Å². The molecule has 0 bridgehead atoms. The van der Waals surface area contributed by atoms with Gasteiger partial charge in [-0.2, -0.15) is 0 Å². The van der Waals surface area contributed by atoms with Gasteiger partial charge in [-0.15, -0.1) is 0 Å². The summed E-state index contributed by atoms with van der Waals surface area (Å²) in [6, 6.07) is 8.91. The number of amides is 1. The molecule has 1 unspecified atom stereocenters. The molecule has 2 aromatic rings. The Morgan fingerprint density at radius 2 is 2.35 bits per heavy atom. The average molecular weight is 274 g/mol. The van der Waals surface area contributed by atoms with Gasteiger partial charge in [0.05, 0.1) is 18.7 Å². The first-order valence-electron chi connectivity index (χ1n) is 6.40. The van der Waals surface area contributed by atoms with Crippen molar-refractivity contribution in [1.29, 1.82) is 0 Å². The topological polar surface area (TPSA) is 73.6 Å². The van der Waals surface area contributed by atoms with E-state index in [0.29, 0.717) is 19.1 Å². The van der Waals surface area contributed by atoms with Crippen LogP contribution in [-0.4, -0.2) is 24.3 Å². The van der Waals surface area contributed by atoms with Crippen LogP contribution < -0.4 is 14.8 Å². The van der Waals surface area contributed by atoms with Gasteiger partial charge in [0, 0.05) is 5.56 Å². The fourth-order valence-corrected chi connectivity index (χ4v) is 2.09. The number of hydrogen-bond acceptors (Lipinski definition) is 5. The number of aromatic nitrogens is 1. The Balaban J connectivity index is 1.70. The van der Waals surface area contributed by atoms with E-state index in [-0.39, 0.29) is 17.7 Å². The molecule has 0 spiro atoms. The van der Waals surface area contributed by atoms with Gasteiger partial charge in [-0.05, 0) is 18.1 Å². The quantitative estimate of drug-likeness (QED) is 0.922. The van der Waals surface area contributed by atoms with E-state index in [1.54, 1.807) is 0 Å². The lowest BCUT2D eigenvalue weighted by molar-refractivity contribution is 0.0892. The van der Waals surface area contributed by atoms with Crippen LogP contribution in [0.4, 0.5) is 0 Å². The maximum Gasteiger partial charge on any atom is 0.290 e. The first-order valence-corrected chi connectivity index (χ1v) is 6.40. The zero-order valence-electron chi connectivity index (χ0n) is 11.0. The van der Waals surface area contributed by atoms with Crippen molar-refractivity contribution in [3.63, 3.8) is 0 Å². The number of rotatable bonds is 4. The molecular weight excluding hydrogens is 260 g/mol. The van der Waals surface area contributed by atoms with Crippen LogP contribution in [0.3, 0.4) is 0 Å². The van der Waals surface area contributed by atoms with Crippen LogP contribution >= 0.6 is 0 Å². The zero-order chi connectivity index (χ0) is 13.9. The third-order valence-electron chi connectivity index (χ3n) is 3.01. The Bertz CT molecular complexity index is 623. The minimum atomic E-state index is -0.339. The predicted octanol–water partition coefficient (Wildman–Crippen LogP) is 1.94. The normalized spacial score (nSPS) is 16.4. The highest BCUT2D eigenvalue weighted by Crippen LogP contribution is 2.31. The van der Waals surface area contributed by atoms with E-state index in [0.717, 1.165) is 11.3 Å². The monoisotopic (exact) mass is 274 g/mol. The number of carbonyl (C=O) groups is 1. The molecule has 1 aromatic heterocycles.